The van der Waals surface area contributed by atoms with Crippen LogP contribution in [0, 0.1) is 27.7 Å². The number of benzene rings is 1. The van der Waals surface area contributed by atoms with Crippen molar-refractivity contribution < 1.29 is 5.11 Å². The summed E-state index contributed by atoms with van der Waals surface area (Å²) in [6, 6.07) is 11.8. The minimum absolute atomic E-state index is 0.163. The van der Waals surface area contributed by atoms with Gasteiger partial charge in [0.05, 0.1) is 22.8 Å². The first-order valence-corrected chi connectivity index (χ1v) is 7.27. The van der Waals surface area contributed by atoms with E-state index in [0.717, 1.165) is 28.3 Å². The van der Waals surface area contributed by atoms with Gasteiger partial charge in [0.25, 0.3) is 0 Å². The summed E-state index contributed by atoms with van der Waals surface area (Å²) < 4.78 is 1.75. The van der Waals surface area contributed by atoms with Gasteiger partial charge in [-0.3, -0.25) is 9.55 Å². The molecule has 4 heteroatoms. The Morgan fingerprint density at radius 3 is 2.09 bits per heavy atom. The lowest BCUT2D eigenvalue weighted by Gasteiger charge is -2.14. The lowest BCUT2D eigenvalue weighted by molar-refractivity contribution is 0.442. The summed E-state index contributed by atoms with van der Waals surface area (Å²) in [6.45, 7) is 7.83. The van der Waals surface area contributed by atoms with Crippen LogP contribution < -0.4 is 0 Å². The molecule has 0 saturated heterocycles. The van der Waals surface area contributed by atoms with E-state index in [2.05, 4.69) is 29.0 Å². The van der Waals surface area contributed by atoms with Crippen molar-refractivity contribution in [3.8, 4) is 23.0 Å². The Kier molecular flexibility index (Phi) is 3.45. The summed E-state index contributed by atoms with van der Waals surface area (Å²) in [5, 5.41) is 10.3. The van der Waals surface area contributed by atoms with Crippen molar-refractivity contribution in [2.45, 2.75) is 27.7 Å². The fraction of sp³-hybridized carbons (Fsp3) is 0.222. The molecular weight excluding hydrogens is 274 g/mol. The van der Waals surface area contributed by atoms with Crippen LogP contribution in [0.3, 0.4) is 0 Å². The van der Waals surface area contributed by atoms with Crippen molar-refractivity contribution in [1.82, 2.24) is 14.5 Å². The van der Waals surface area contributed by atoms with E-state index in [1.165, 1.54) is 5.56 Å². The fourth-order valence-corrected chi connectivity index (χ4v) is 2.51. The second-order valence-corrected chi connectivity index (χ2v) is 5.58. The van der Waals surface area contributed by atoms with E-state index in [0.29, 0.717) is 5.82 Å². The van der Waals surface area contributed by atoms with Gasteiger partial charge in [0.2, 0.25) is 0 Å². The third kappa shape index (κ3) is 2.37. The second kappa shape index (κ2) is 5.30. The highest BCUT2D eigenvalue weighted by Gasteiger charge is 2.16. The molecule has 1 aromatic carbocycles. The zero-order chi connectivity index (χ0) is 15.9. The molecule has 0 aliphatic carbocycles. The third-order valence-corrected chi connectivity index (χ3v) is 3.88. The first kappa shape index (κ1) is 14.3. The van der Waals surface area contributed by atoms with Crippen molar-refractivity contribution in [2.24, 2.45) is 0 Å². The van der Waals surface area contributed by atoms with E-state index in [4.69, 9.17) is 0 Å². The van der Waals surface area contributed by atoms with E-state index >= 15 is 0 Å². The van der Waals surface area contributed by atoms with E-state index in [1.807, 2.05) is 39.0 Å². The Balaban J connectivity index is 2.22. The molecule has 22 heavy (non-hydrogen) atoms. The molecule has 1 N–H and O–H groups in total. The average Bonchev–Trinajstić information content (AvgIpc) is 2.85. The highest BCUT2D eigenvalue weighted by atomic mass is 16.3. The van der Waals surface area contributed by atoms with Crippen LogP contribution in [0.5, 0.6) is 5.88 Å². The largest absolute Gasteiger partial charge is 0.494 e. The molecule has 0 bridgehead atoms. The number of rotatable bonds is 2. The lowest BCUT2D eigenvalue weighted by atomic mass is 10.1. The highest BCUT2D eigenvalue weighted by Crippen LogP contribution is 2.30. The van der Waals surface area contributed by atoms with Gasteiger partial charge in [0, 0.05) is 6.07 Å². The maximum absolute atomic E-state index is 10.3. The van der Waals surface area contributed by atoms with Crippen LogP contribution in [0.4, 0.5) is 0 Å². The van der Waals surface area contributed by atoms with Crippen LogP contribution in [0.2, 0.25) is 0 Å². The number of aromatic hydroxyl groups is 1. The van der Waals surface area contributed by atoms with Crippen LogP contribution in [0.1, 0.15) is 22.6 Å². The minimum Gasteiger partial charge on any atom is -0.494 e. The monoisotopic (exact) mass is 293 g/mol. The lowest BCUT2D eigenvalue weighted by Crippen LogP contribution is -2.07. The van der Waals surface area contributed by atoms with E-state index in [1.54, 1.807) is 10.6 Å². The molecule has 0 aliphatic rings. The summed E-state index contributed by atoms with van der Waals surface area (Å²) in [5.41, 5.74) is 5.70. The molecular formula is C18H19N3O. The van der Waals surface area contributed by atoms with Crippen molar-refractivity contribution in [1.29, 1.82) is 0 Å². The van der Waals surface area contributed by atoms with Crippen molar-refractivity contribution in [3.63, 3.8) is 0 Å². The molecule has 0 saturated carbocycles. The van der Waals surface area contributed by atoms with Crippen LogP contribution in [0.15, 0.2) is 36.4 Å². The maximum atomic E-state index is 10.3. The summed E-state index contributed by atoms with van der Waals surface area (Å²) in [7, 11) is 0. The van der Waals surface area contributed by atoms with E-state index in [9.17, 15) is 5.11 Å². The number of hydrogen-bond acceptors (Lipinski definition) is 3. The van der Waals surface area contributed by atoms with Gasteiger partial charge in [0.1, 0.15) is 0 Å². The van der Waals surface area contributed by atoms with Gasteiger partial charge in [-0.2, -0.15) is 0 Å². The Morgan fingerprint density at radius 2 is 1.41 bits per heavy atom. The Bertz CT molecular complexity index is 832. The zero-order valence-corrected chi connectivity index (χ0v) is 13.3. The topological polar surface area (TPSA) is 50.9 Å². The number of aromatic nitrogens is 3. The highest BCUT2D eigenvalue weighted by molar-refractivity contribution is 5.65. The van der Waals surface area contributed by atoms with Crippen molar-refractivity contribution >= 4 is 0 Å². The van der Waals surface area contributed by atoms with Crippen LogP contribution in [0.25, 0.3) is 17.1 Å². The summed E-state index contributed by atoms with van der Waals surface area (Å²) in [6.07, 6.45) is 0. The van der Waals surface area contributed by atoms with E-state index < -0.39 is 0 Å². The van der Waals surface area contributed by atoms with Gasteiger partial charge in [0.15, 0.2) is 11.7 Å². The smallest absolute Gasteiger partial charge is 0.197 e. The van der Waals surface area contributed by atoms with Gasteiger partial charge in [-0.1, -0.05) is 29.8 Å². The van der Waals surface area contributed by atoms with Crippen LogP contribution >= 0.6 is 0 Å². The molecule has 0 aliphatic heterocycles. The van der Waals surface area contributed by atoms with Gasteiger partial charge in [-0.25, -0.2) is 4.98 Å². The van der Waals surface area contributed by atoms with Crippen molar-refractivity contribution in [3.05, 3.63) is 59.0 Å². The zero-order valence-electron chi connectivity index (χ0n) is 13.3. The van der Waals surface area contributed by atoms with Gasteiger partial charge in [-0.05, 0) is 39.3 Å². The van der Waals surface area contributed by atoms with E-state index in [-0.39, 0.29) is 5.88 Å². The Hall–Kier alpha value is -2.62. The quantitative estimate of drug-likeness (QED) is 0.780. The second-order valence-electron chi connectivity index (χ2n) is 5.58. The molecule has 0 radical (unpaired) electrons. The summed E-state index contributed by atoms with van der Waals surface area (Å²) >= 11 is 0. The predicted molar refractivity (Wildman–Crippen MR) is 87.4 cm³/mol. The molecule has 112 valence electrons. The first-order chi connectivity index (χ1) is 10.5. The van der Waals surface area contributed by atoms with Crippen LogP contribution in [-0.4, -0.2) is 19.6 Å². The normalized spacial score (nSPS) is 10.9. The fourth-order valence-electron chi connectivity index (χ4n) is 2.51. The molecule has 2 heterocycles. The molecule has 3 aromatic rings. The first-order valence-electron chi connectivity index (χ1n) is 7.27. The van der Waals surface area contributed by atoms with Gasteiger partial charge in [-0.15, -0.1) is 0 Å². The molecule has 0 spiro atoms. The predicted octanol–water partition coefficient (Wildman–Crippen LogP) is 3.87. The van der Waals surface area contributed by atoms with Crippen LogP contribution in [-0.2, 0) is 0 Å². The maximum Gasteiger partial charge on any atom is 0.197 e. The molecule has 4 nitrogen and oxygen atoms in total. The Morgan fingerprint density at radius 1 is 0.773 bits per heavy atom. The summed E-state index contributed by atoms with van der Waals surface area (Å²) in [4.78, 5) is 9.14. The number of nitrogens with zero attached hydrogens (tertiary/aromatic N) is 3. The average molecular weight is 293 g/mol. The Labute approximate surface area is 130 Å². The molecule has 3 rings (SSSR count). The summed E-state index contributed by atoms with van der Waals surface area (Å²) in [5.74, 6) is 0.831. The molecule has 0 atom stereocenters. The molecule has 0 unspecified atom stereocenters. The van der Waals surface area contributed by atoms with Gasteiger partial charge >= 0.3 is 0 Å². The molecule has 0 amide bonds. The van der Waals surface area contributed by atoms with Crippen molar-refractivity contribution in [2.75, 3.05) is 0 Å². The molecule has 2 aromatic heterocycles. The third-order valence-electron chi connectivity index (χ3n) is 3.88. The SMILES string of the molecule is Cc1ccc(-c2ccc(O)n2-c2nc(C)c(C)nc2C)cc1. The number of aryl methyl sites for hydroxylation is 4. The van der Waals surface area contributed by atoms with Gasteiger partial charge < -0.3 is 5.11 Å². The number of hydrogen-bond donors (Lipinski definition) is 1. The standard InChI is InChI=1S/C18H19N3O/c1-11-5-7-15(8-6-11)16-9-10-17(22)21(16)18-14(4)19-12(2)13(3)20-18/h5-10,22H,1-4H3. The molecule has 0 fully saturated rings. The minimum atomic E-state index is 0.163.